The number of rotatable bonds is 2. The van der Waals surface area contributed by atoms with Crippen LogP contribution in [0.2, 0.25) is 0 Å². The molecule has 12 heavy (non-hydrogen) atoms. The minimum atomic E-state index is -0.708. The summed E-state index contributed by atoms with van der Waals surface area (Å²) in [7, 11) is 0. The van der Waals surface area contributed by atoms with Crippen LogP contribution in [0.3, 0.4) is 0 Å². The third-order valence-electron chi connectivity index (χ3n) is 2.95. The van der Waals surface area contributed by atoms with Crippen molar-refractivity contribution >= 4 is 5.97 Å². The van der Waals surface area contributed by atoms with Crippen LogP contribution in [0.15, 0.2) is 0 Å². The summed E-state index contributed by atoms with van der Waals surface area (Å²) in [4.78, 5) is 10.6. The van der Waals surface area contributed by atoms with E-state index in [1.165, 1.54) is 0 Å². The molecule has 0 bridgehead atoms. The topological polar surface area (TPSA) is 57.5 Å². The number of aliphatic carboxylic acids is 1. The molecule has 3 unspecified atom stereocenters. The van der Waals surface area contributed by atoms with E-state index in [9.17, 15) is 4.79 Å². The normalized spacial score (nSPS) is 36.3. The average molecular weight is 172 g/mol. The SMILES string of the molecule is CC1CCC(C(=O)O)CC1CO. The second-order valence-electron chi connectivity index (χ2n) is 3.77. The molecule has 0 heterocycles. The number of carboxylic acids is 1. The van der Waals surface area contributed by atoms with Crippen LogP contribution in [0.5, 0.6) is 0 Å². The van der Waals surface area contributed by atoms with Gasteiger partial charge < -0.3 is 10.2 Å². The Morgan fingerprint density at radius 1 is 1.50 bits per heavy atom. The molecule has 1 saturated carbocycles. The predicted octanol–water partition coefficient (Wildman–Crippen LogP) is 1.12. The molecular weight excluding hydrogens is 156 g/mol. The van der Waals surface area contributed by atoms with Crippen molar-refractivity contribution in [3.05, 3.63) is 0 Å². The molecule has 1 rings (SSSR count). The first-order chi connectivity index (χ1) is 5.65. The van der Waals surface area contributed by atoms with Gasteiger partial charge >= 0.3 is 5.97 Å². The molecule has 1 fully saturated rings. The molecule has 3 heteroatoms. The van der Waals surface area contributed by atoms with Gasteiger partial charge in [0.05, 0.1) is 5.92 Å². The number of aliphatic hydroxyl groups is 1. The monoisotopic (exact) mass is 172 g/mol. The number of carboxylic acid groups (broad SMARTS) is 1. The standard InChI is InChI=1S/C9H16O3/c1-6-2-3-7(9(11)12)4-8(6)5-10/h6-8,10H,2-5H2,1H3,(H,11,12). The third kappa shape index (κ3) is 1.97. The highest BCUT2D eigenvalue weighted by molar-refractivity contribution is 5.70. The van der Waals surface area contributed by atoms with Crippen LogP contribution in [-0.2, 0) is 4.79 Å². The maximum absolute atomic E-state index is 10.6. The van der Waals surface area contributed by atoms with Crippen LogP contribution in [0.25, 0.3) is 0 Å². The first-order valence-electron chi connectivity index (χ1n) is 4.48. The molecule has 1 aliphatic rings. The van der Waals surface area contributed by atoms with Crippen molar-refractivity contribution in [3.63, 3.8) is 0 Å². The second kappa shape index (κ2) is 3.90. The van der Waals surface area contributed by atoms with Crippen LogP contribution in [0, 0.1) is 17.8 Å². The molecule has 0 aliphatic heterocycles. The molecule has 0 radical (unpaired) electrons. The molecule has 1 aliphatic carbocycles. The highest BCUT2D eigenvalue weighted by Crippen LogP contribution is 2.33. The molecule has 3 atom stereocenters. The van der Waals surface area contributed by atoms with Crippen molar-refractivity contribution in [2.24, 2.45) is 17.8 Å². The molecule has 0 amide bonds. The van der Waals surface area contributed by atoms with Gasteiger partial charge in [-0.15, -0.1) is 0 Å². The van der Waals surface area contributed by atoms with E-state index in [2.05, 4.69) is 6.92 Å². The summed E-state index contributed by atoms with van der Waals surface area (Å²) in [5, 5.41) is 17.7. The van der Waals surface area contributed by atoms with Gasteiger partial charge in [0.1, 0.15) is 0 Å². The van der Waals surface area contributed by atoms with Crippen molar-refractivity contribution in [2.45, 2.75) is 26.2 Å². The summed E-state index contributed by atoms with van der Waals surface area (Å²) in [6, 6.07) is 0. The fourth-order valence-electron chi connectivity index (χ4n) is 1.89. The molecular formula is C9H16O3. The van der Waals surface area contributed by atoms with E-state index < -0.39 is 5.97 Å². The Morgan fingerprint density at radius 3 is 2.67 bits per heavy atom. The van der Waals surface area contributed by atoms with Crippen LogP contribution >= 0.6 is 0 Å². The van der Waals surface area contributed by atoms with Crippen LogP contribution < -0.4 is 0 Å². The zero-order valence-electron chi connectivity index (χ0n) is 7.36. The summed E-state index contributed by atoms with van der Waals surface area (Å²) in [6.45, 7) is 2.21. The zero-order valence-corrected chi connectivity index (χ0v) is 7.36. The van der Waals surface area contributed by atoms with Gasteiger partial charge in [0.25, 0.3) is 0 Å². The number of hydrogen-bond acceptors (Lipinski definition) is 2. The molecule has 0 aromatic heterocycles. The number of aliphatic hydroxyl groups excluding tert-OH is 1. The van der Waals surface area contributed by atoms with Gasteiger partial charge in [-0.05, 0) is 31.1 Å². The zero-order chi connectivity index (χ0) is 9.14. The van der Waals surface area contributed by atoms with Gasteiger partial charge in [-0.25, -0.2) is 0 Å². The number of hydrogen-bond donors (Lipinski definition) is 2. The molecule has 0 saturated heterocycles. The van der Waals surface area contributed by atoms with Gasteiger partial charge in [0, 0.05) is 6.61 Å². The van der Waals surface area contributed by atoms with E-state index in [-0.39, 0.29) is 18.4 Å². The van der Waals surface area contributed by atoms with E-state index in [1.807, 2.05) is 0 Å². The van der Waals surface area contributed by atoms with Gasteiger partial charge in [-0.1, -0.05) is 6.92 Å². The minimum Gasteiger partial charge on any atom is -0.481 e. The average Bonchev–Trinajstić information content (AvgIpc) is 2.05. The Labute approximate surface area is 72.4 Å². The Kier molecular flexibility index (Phi) is 3.09. The van der Waals surface area contributed by atoms with Crippen molar-refractivity contribution < 1.29 is 15.0 Å². The fraction of sp³-hybridized carbons (Fsp3) is 0.889. The van der Waals surface area contributed by atoms with Crippen LogP contribution in [0.4, 0.5) is 0 Å². The predicted molar refractivity (Wildman–Crippen MR) is 44.7 cm³/mol. The van der Waals surface area contributed by atoms with Gasteiger partial charge in [0.15, 0.2) is 0 Å². The van der Waals surface area contributed by atoms with Crippen molar-refractivity contribution in [1.29, 1.82) is 0 Å². The Morgan fingerprint density at radius 2 is 2.17 bits per heavy atom. The first-order valence-corrected chi connectivity index (χ1v) is 4.48. The Hall–Kier alpha value is -0.570. The van der Waals surface area contributed by atoms with Crippen LogP contribution in [-0.4, -0.2) is 22.8 Å². The Bertz CT molecular complexity index is 167. The van der Waals surface area contributed by atoms with Crippen molar-refractivity contribution in [1.82, 2.24) is 0 Å². The highest BCUT2D eigenvalue weighted by Gasteiger charge is 2.30. The minimum absolute atomic E-state index is 0.130. The van der Waals surface area contributed by atoms with Gasteiger partial charge in [-0.2, -0.15) is 0 Å². The van der Waals surface area contributed by atoms with E-state index in [0.29, 0.717) is 12.3 Å². The van der Waals surface area contributed by atoms with Crippen molar-refractivity contribution in [2.75, 3.05) is 6.61 Å². The lowest BCUT2D eigenvalue weighted by molar-refractivity contribution is -0.144. The molecule has 70 valence electrons. The first kappa shape index (κ1) is 9.52. The van der Waals surface area contributed by atoms with E-state index >= 15 is 0 Å². The molecule has 3 nitrogen and oxygen atoms in total. The number of carbonyl (C=O) groups is 1. The lowest BCUT2D eigenvalue weighted by Crippen LogP contribution is -2.29. The summed E-state index contributed by atoms with van der Waals surface area (Å²) in [6.07, 6.45) is 2.35. The lowest BCUT2D eigenvalue weighted by atomic mass is 9.75. The molecule has 2 N–H and O–H groups in total. The fourth-order valence-corrected chi connectivity index (χ4v) is 1.89. The van der Waals surface area contributed by atoms with E-state index in [1.54, 1.807) is 0 Å². The maximum atomic E-state index is 10.6. The lowest BCUT2D eigenvalue weighted by Gasteiger charge is -2.30. The quantitative estimate of drug-likeness (QED) is 0.656. The summed E-state index contributed by atoms with van der Waals surface area (Å²) in [5.41, 5.74) is 0. The maximum Gasteiger partial charge on any atom is 0.306 e. The summed E-state index contributed by atoms with van der Waals surface area (Å²) in [5.74, 6) is -0.260. The largest absolute Gasteiger partial charge is 0.481 e. The molecule has 0 aromatic carbocycles. The molecule has 0 aromatic rings. The van der Waals surface area contributed by atoms with Gasteiger partial charge in [0.2, 0.25) is 0 Å². The molecule has 0 spiro atoms. The van der Waals surface area contributed by atoms with Crippen molar-refractivity contribution in [3.8, 4) is 0 Å². The Balaban J connectivity index is 2.49. The highest BCUT2D eigenvalue weighted by atomic mass is 16.4. The smallest absolute Gasteiger partial charge is 0.306 e. The summed E-state index contributed by atoms with van der Waals surface area (Å²) >= 11 is 0. The van der Waals surface area contributed by atoms with E-state index in [0.717, 1.165) is 12.8 Å². The van der Waals surface area contributed by atoms with E-state index in [4.69, 9.17) is 10.2 Å². The van der Waals surface area contributed by atoms with Crippen LogP contribution in [0.1, 0.15) is 26.2 Å². The second-order valence-corrected chi connectivity index (χ2v) is 3.77. The third-order valence-corrected chi connectivity index (χ3v) is 2.95. The summed E-state index contributed by atoms with van der Waals surface area (Å²) < 4.78 is 0. The van der Waals surface area contributed by atoms with Gasteiger partial charge in [-0.3, -0.25) is 4.79 Å².